The molecule has 1 rings (SSSR count). The Morgan fingerprint density at radius 3 is 2.15 bits per heavy atom. The van der Waals surface area contributed by atoms with Crippen molar-refractivity contribution in [3.8, 4) is 0 Å². The summed E-state index contributed by atoms with van der Waals surface area (Å²) in [7, 11) is -0.576. The van der Waals surface area contributed by atoms with Gasteiger partial charge in [0.2, 0.25) is 0 Å². The molecule has 5 nitrogen and oxygen atoms in total. The van der Waals surface area contributed by atoms with Gasteiger partial charge in [0.15, 0.2) is 0 Å². The molecule has 0 aliphatic heterocycles. The van der Waals surface area contributed by atoms with Crippen LogP contribution in [0.25, 0.3) is 0 Å². The minimum Gasteiger partial charge on any atom is -0.458 e. The highest BCUT2D eigenvalue weighted by Gasteiger charge is 2.31. The van der Waals surface area contributed by atoms with Crippen LogP contribution in [-0.4, -0.2) is 32.5 Å². The predicted octanol–water partition coefficient (Wildman–Crippen LogP) is 3.35. The SMILES string of the molecule is COP(=O)(C[C@H](OC(=O)c1ccccc1)C(C)C)OC. The Balaban J connectivity index is 2.78. The molecule has 0 bridgehead atoms. The third-order valence-electron chi connectivity index (χ3n) is 2.97. The van der Waals surface area contributed by atoms with Gasteiger partial charge in [-0.05, 0) is 18.1 Å². The number of rotatable bonds is 7. The number of ether oxygens (including phenoxy) is 1. The Bertz CT molecular complexity index is 464. The third-order valence-corrected chi connectivity index (χ3v) is 4.89. The zero-order valence-electron chi connectivity index (χ0n) is 12.2. The molecule has 0 aliphatic carbocycles. The number of hydrogen-bond acceptors (Lipinski definition) is 5. The van der Waals surface area contributed by atoms with Crippen molar-refractivity contribution in [3.05, 3.63) is 35.9 Å². The molecule has 1 aromatic rings. The van der Waals surface area contributed by atoms with Gasteiger partial charge in [0, 0.05) is 14.2 Å². The summed E-state index contributed by atoms with van der Waals surface area (Å²) in [5.41, 5.74) is 0.461. The van der Waals surface area contributed by atoms with E-state index in [0.717, 1.165) is 0 Å². The van der Waals surface area contributed by atoms with Gasteiger partial charge in [-0.1, -0.05) is 32.0 Å². The maximum Gasteiger partial charge on any atom is 0.338 e. The lowest BCUT2D eigenvalue weighted by molar-refractivity contribution is 0.0232. The van der Waals surface area contributed by atoms with Gasteiger partial charge in [0.05, 0.1) is 11.7 Å². The van der Waals surface area contributed by atoms with E-state index in [-0.39, 0.29) is 12.1 Å². The van der Waals surface area contributed by atoms with Gasteiger partial charge in [-0.2, -0.15) is 0 Å². The normalized spacial score (nSPS) is 13.2. The smallest absolute Gasteiger partial charge is 0.338 e. The molecule has 0 aromatic heterocycles. The minimum atomic E-state index is -3.22. The zero-order chi connectivity index (χ0) is 15.2. The van der Waals surface area contributed by atoms with Crippen LogP contribution in [0.1, 0.15) is 24.2 Å². The van der Waals surface area contributed by atoms with Crippen LogP contribution in [-0.2, 0) is 18.3 Å². The topological polar surface area (TPSA) is 61.8 Å². The number of carbonyl (C=O) groups excluding carboxylic acids is 1. The zero-order valence-corrected chi connectivity index (χ0v) is 13.1. The van der Waals surface area contributed by atoms with Crippen LogP contribution in [0.4, 0.5) is 0 Å². The fourth-order valence-electron chi connectivity index (χ4n) is 1.61. The first-order valence-electron chi connectivity index (χ1n) is 6.38. The minimum absolute atomic E-state index is 0.00119. The fourth-order valence-corrected chi connectivity index (χ4v) is 2.99. The first-order chi connectivity index (χ1) is 9.41. The van der Waals surface area contributed by atoms with Crippen LogP contribution in [0.3, 0.4) is 0 Å². The molecular formula is C14H21O5P. The van der Waals surface area contributed by atoms with E-state index in [1.807, 2.05) is 19.9 Å². The molecule has 1 atom stereocenters. The molecule has 0 heterocycles. The maximum atomic E-state index is 12.1. The average molecular weight is 300 g/mol. The van der Waals surface area contributed by atoms with E-state index < -0.39 is 19.7 Å². The van der Waals surface area contributed by atoms with Gasteiger partial charge in [-0.25, -0.2) is 4.79 Å². The molecule has 0 spiro atoms. The highest BCUT2D eigenvalue weighted by Crippen LogP contribution is 2.48. The van der Waals surface area contributed by atoms with Crippen molar-refractivity contribution in [3.63, 3.8) is 0 Å². The van der Waals surface area contributed by atoms with E-state index >= 15 is 0 Å². The summed E-state index contributed by atoms with van der Waals surface area (Å²) in [6, 6.07) is 8.69. The van der Waals surface area contributed by atoms with Gasteiger partial charge in [0.1, 0.15) is 6.10 Å². The van der Waals surface area contributed by atoms with Crippen molar-refractivity contribution in [1.29, 1.82) is 0 Å². The van der Waals surface area contributed by atoms with Crippen LogP contribution in [0.2, 0.25) is 0 Å². The molecule has 0 N–H and O–H groups in total. The van der Waals surface area contributed by atoms with Gasteiger partial charge in [0.25, 0.3) is 0 Å². The molecule has 0 fully saturated rings. The van der Waals surface area contributed by atoms with Crippen LogP contribution in [0.5, 0.6) is 0 Å². The summed E-state index contributed by atoms with van der Waals surface area (Å²) in [4.78, 5) is 12.0. The first kappa shape index (κ1) is 16.9. The van der Waals surface area contributed by atoms with Gasteiger partial charge in [-0.3, -0.25) is 4.57 Å². The lowest BCUT2D eigenvalue weighted by Gasteiger charge is -2.24. The Morgan fingerprint density at radius 2 is 1.70 bits per heavy atom. The van der Waals surface area contributed by atoms with Crippen LogP contribution in [0, 0.1) is 5.92 Å². The van der Waals surface area contributed by atoms with Crippen molar-refractivity contribution < 1.29 is 23.1 Å². The Labute approximate surface area is 119 Å². The van der Waals surface area contributed by atoms with E-state index in [2.05, 4.69) is 0 Å². The van der Waals surface area contributed by atoms with Crippen molar-refractivity contribution >= 4 is 13.6 Å². The Morgan fingerprint density at radius 1 is 1.15 bits per heavy atom. The van der Waals surface area contributed by atoms with Crippen LogP contribution in [0.15, 0.2) is 30.3 Å². The van der Waals surface area contributed by atoms with Crippen LogP contribution >= 0.6 is 7.60 Å². The van der Waals surface area contributed by atoms with Crippen molar-refractivity contribution in [2.24, 2.45) is 5.92 Å². The molecule has 6 heteroatoms. The molecular weight excluding hydrogens is 279 g/mol. The van der Waals surface area contributed by atoms with E-state index in [4.69, 9.17) is 13.8 Å². The van der Waals surface area contributed by atoms with E-state index in [9.17, 15) is 9.36 Å². The Kier molecular flexibility index (Phi) is 6.40. The molecule has 0 radical (unpaired) electrons. The number of hydrogen-bond donors (Lipinski definition) is 0. The maximum absolute atomic E-state index is 12.1. The summed E-state index contributed by atoms with van der Waals surface area (Å²) in [6.45, 7) is 3.78. The molecule has 0 unspecified atom stereocenters. The van der Waals surface area contributed by atoms with E-state index in [1.165, 1.54) is 14.2 Å². The first-order valence-corrected chi connectivity index (χ1v) is 8.11. The second kappa shape index (κ2) is 7.58. The highest BCUT2D eigenvalue weighted by molar-refractivity contribution is 7.53. The monoisotopic (exact) mass is 300 g/mol. The molecule has 1 aromatic carbocycles. The van der Waals surface area contributed by atoms with Crippen molar-refractivity contribution in [2.75, 3.05) is 20.4 Å². The molecule has 112 valence electrons. The molecule has 0 saturated carbocycles. The number of esters is 1. The molecule has 0 saturated heterocycles. The highest BCUT2D eigenvalue weighted by atomic mass is 31.2. The summed E-state index contributed by atoms with van der Waals surface area (Å²) in [5.74, 6) is -0.440. The largest absolute Gasteiger partial charge is 0.458 e. The van der Waals surface area contributed by atoms with Gasteiger partial charge < -0.3 is 13.8 Å². The molecule has 0 aliphatic rings. The lowest BCUT2D eigenvalue weighted by Crippen LogP contribution is -2.28. The summed E-state index contributed by atoms with van der Waals surface area (Å²) in [6.07, 6.45) is -0.496. The van der Waals surface area contributed by atoms with Gasteiger partial charge >= 0.3 is 13.6 Å². The lowest BCUT2D eigenvalue weighted by atomic mass is 10.1. The second-order valence-electron chi connectivity index (χ2n) is 4.71. The van der Waals surface area contributed by atoms with E-state index in [0.29, 0.717) is 5.56 Å². The standard InChI is InChI=1S/C14H21O5P/c1-11(2)13(10-20(16,17-3)18-4)19-14(15)12-8-6-5-7-9-12/h5-9,11,13H,10H2,1-4H3/t13-/m0/s1. The number of benzene rings is 1. The van der Waals surface area contributed by atoms with Gasteiger partial charge in [-0.15, -0.1) is 0 Å². The third kappa shape index (κ3) is 4.75. The van der Waals surface area contributed by atoms with Crippen molar-refractivity contribution in [2.45, 2.75) is 20.0 Å². The quantitative estimate of drug-likeness (QED) is 0.571. The molecule has 20 heavy (non-hydrogen) atoms. The van der Waals surface area contributed by atoms with Crippen molar-refractivity contribution in [1.82, 2.24) is 0 Å². The molecule has 0 amide bonds. The van der Waals surface area contributed by atoms with Crippen LogP contribution < -0.4 is 0 Å². The summed E-state index contributed by atoms with van der Waals surface area (Å²) in [5, 5.41) is 0. The van der Waals surface area contributed by atoms with E-state index in [1.54, 1.807) is 24.3 Å². The average Bonchev–Trinajstić information content (AvgIpc) is 2.47. The fraction of sp³-hybridized carbons (Fsp3) is 0.500. The summed E-state index contributed by atoms with van der Waals surface area (Å²) < 4.78 is 27.4. The Hall–Kier alpha value is -1.16. The predicted molar refractivity (Wildman–Crippen MR) is 77.0 cm³/mol. The second-order valence-corrected chi connectivity index (χ2v) is 7.03. The summed E-state index contributed by atoms with van der Waals surface area (Å²) >= 11 is 0. The number of carbonyl (C=O) groups is 1.